The molecular weight excluding hydrogens is 352 g/mol. The summed E-state index contributed by atoms with van der Waals surface area (Å²) in [5.74, 6) is 1.56. The standard InChI is InChI=1S/C21H22N6O/c1-14-10-17(24-13-23-14)27-9-3-6-21(12-27)7-5-16-18(21)25-19(26-20(16)28)15-4-2-8-22-11-15/h2,4,8,10-11,13H,3,5-7,9,12H2,1H3,(H,25,26,28). The smallest absolute Gasteiger partial charge is 0.254 e. The van der Waals surface area contributed by atoms with Crippen LogP contribution in [0.1, 0.15) is 36.2 Å². The van der Waals surface area contributed by atoms with Crippen LogP contribution in [0.2, 0.25) is 0 Å². The molecule has 0 radical (unpaired) electrons. The lowest BCUT2D eigenvalue weighted by atomic mass is 9.77. The maximum absolute atomic E-state index is 12.8. The van der Waals surface area contributed by atoms with Gasteiger partial charge in [-0.1, -0.05) is 0 Å². The SMILES string of the molecule is Cc1cc(N2CCCC3(CCc4c3nc(-c3cccnc3)[nH]c4=O)C2)ncn1. The zero-order chi connectivity index (χ0) is 19.1. The number of fused-ring (bicyclic) bond motifs is 2. The Labute approximate surface area is 162 Å². The average Bonchev–Trinajstić information content (AvgIpc) is 3.07. The number of nitrogens with zero attached hydrogens (tertiary/aromatic N) is 5. The van der Waals surface area contributed by atoms with Crippen molar-refractivity contribution in [3.8, 4) is 11.4 Å². The minimum atomic E-state index is -0.0995. The number of H-pyrrole nitrogens is 1. The molecule has 1 aliphatic heterocycles. The predicted molar refractivity (Wildman–Crippen MR) is 106 cm³/mol. The molecular formula is C21H22N6O. The Kier molecular flexibility index (Phi) is 3.96. The van der Waals surface area contributed by atoms with Crippen LogP contribution in [0.4, 0.5) is 5.82 Å². The van der Waals surface area contributed by atoms with Gasteiger partial charge in [-0.3, -0.25) is 9.78 Å². The van der Waals surface area contributed by atoms with Gasteiger partial charge >= 0.3 is 0 Å². The van der Waals surface area contributed by atoms with E-state index in [1.807, 2.05) is 25.1 Å². The average molecular weight is 374 g/mol. The van der Waals surface area contributed by atoms with E-state index in [2.05, 4.69) is 24.8 Å². The third-order valence-corrected chi connectivity index (χ3v) is 6.00. The van der Waals surface area contributed by atoms with Crippen LogP contribution in [0, 0.1) is 6.92 Å². The molecule has 2 aliphatic rings. The number of aryl methyl sites for hydroxylation is 1. The molecule has 1 atom stereocenters. The zero-order valence-corrected chi connectivity index (χ0v) is 15.9. The van der Waals surface area contributed by atoms with Crippen molar-refractivity contribution in [1.29, 1.82) is 0 Å². The van der Waals surface area contributed by atoms with Gasteiger partial charge in [0.25, 0.3) is 5.56 Å². The summed E-state index contributed by atoms with van der Waals surface area (Å²) in [6, 6.07) is 5.81. The Morgan fingerprint density at radius 3 is 3.00 bits per heavy atom. The summed E-state index contributed by atoms with van der Waals surface area (Å²) in [6.07, 6.45) is 8.92. The molecule has 1 spiro atoms. The van der Waals surface area contributed by atoms with E-state index < -0.39 is 0 Å². The van der Waals surface area contributed by atoms with Gasteiger partial charge in [-0.25, -0.2) is 15.0 Å². The van der Waals surface area contributed by atoms with Crippen molar-refractivity contribution in [2.24, 2.45) is 0 Å². The summed E-state index contributed by atoms with van der Waals surface area (Å²) in [5.41, 5.74) is 3.49. The van der Waals surface area contributed by atoms with E-state index in [0.29, 0.717) is 5.82 Å². The van der Waals surface area contributed by atoms with Crippen LogP contribution in [-0.2, 0) is 11.8 Å². The minimum absolute atomic E-state index is 0.0178. The quantitative estimate of drug-likeness (QED) is 0.741. The van der Waals surface area contributed by atoms with Gasteiger partial charge in [0.1, 0.15) is 18.0 Å². The molecule has 5 rings (SSSR count). The van der Waals surface area contributed by atoms with Crippen LogP contribution < -0.4 is 10.5 Å². The van der Waals surface area contributed by atoms with Crippen LogP contribution in [0.25, 0.3) is 11.4 Å². The number of piperidine rings is 1. The molecule has 1 fully saturated rings. The molecule has 1 saturated heterocycles. The number of anilines is 1. The van der Waals surface area contributed by atoms with Gasteiger partial charge < -0.3 is 9.88 Å². The van der Waals surface area contributed by atoms with Gasteiger partial charge in [-0.05, 0) is 44.7 Å². The highest BCUT2D eigenvalue weighted by Gasteiger charge is 2.45. The van der Waals surface area contributed by atoms with Gasteiger partial charge in [0.15, 0.2) is 0 Å². The number of hydrogen-bond acceptors (Lipinski definition) is 6. The fourth-order valence-corrected chi connectivity index (χ4v) is 4.63. The molecule has 1 unspecified atom stereocenters. The second-order valence-corrected chi connectivity index (χ2v) is 7.81. The maximum Gasteiger partial charge on any atom is 0.254 e. The fraction of sp³-hybridized carbons (Fsp3) is 0.381. The largest absolute Gasteiger partial charge is 0.356 e. The summed E-state index contributed by atoms with van der Waals surface area (Å²) < 4.78 is 0. The van der Waals surface area contributed by atoms with Crippen LogP contribution >= 0.6 is 0 Å². The predicted octanol–water partition coefficient (Wildman–Crippen LogP) is 2.41. The third-order valence-electron chi connectivity index (χ3n) is 6.00. The van der Waals surface area contributed by atoms with Crippen molar-refractivity contribution in [2.45, 2.75) is 38.0 Å². The zero-order valence-electron chi connectivity index (χ0n) is 15.9. The number of pyridine rings is 1. The molecule has 0 saturated carbocycles. The molecule has 0 aromatic carbocycles. The van der Waals surface area contributed by atoms with Crippen molar-refractivity contribution in [3.63, 3.8) is 0 Å². The lowest BCUT2D eigenvalue weighted by Crippen LogP contribution is -2.46. The van der Waals surface area contributed by atoms with Crippen LogP contribution in [0.3, 0.4) is 0 Å². The van der Waals surface area contributed by atoms with E-state index in [0.717, 1.165) is 67.1 Å². The second kappa shape index (κ2) is 6.51. The second-order valence-electron chi connectivity index (χ2n) is 7.81. The maximum atomic E-state index is 12.8. The van der Waals surface area contributed by atoms with E-state index in [1.54, 1.807) is 18.7 Å². The van der Waals surface area contributed by atoms with E-state index in [1.165, 1.54) is 0 Å². The van der Waals surface area contributed by atoms with Crippen LogP contribution in [-0.4, -0.2) is 38.0 Å². The topological polar surface area (TPSA) is 87.7 Å². The summed E-state index contributed by atoms with van der Waals surface area (Å²) >= 11 is 0. The minimum Gasteiger partial charge on any atom is -0.356 e. The first-order valence-electron chi connectivity index (χ1n) is 9.72. The monoisotopic (exact) mass is 374 g/mol. The van der Waals surface area contributed by atoms with Gasteiger partial charge in [-0.2, -0.15) is 0 Å². The fourth-order valence-electron chi connectivity index (χ4n) is 4.63. The van der Waals surface area contributed by atoms with E-state index in [4.69, 9.17) is 4.98 Å². The highest BCUT2D eigenvalue weighted by molar-refractivity contribution is 5.55. The molecule has 1 aliphatic carbocycles. The summed E-state index contributed by atoms with van der Waals surface area (Å²) in [6.45, 7) is 3.78. The third kappa shape index (κ3) is 2.78. The first-order valence-corrected chi connectivity index (χ1v) is 9.72. The lowest BCUT2D eigenvalue weighted by Gasteiger charge is -2.41. The normalized spacial score (nSPS) is 21.1. The Bertz CT molecular complexity index is 1080. The summed E-state index contributed by atoms with van der Waals surface area (Å²) in [7, 11) is 0. The summed E-state index contributed by atoms with van der Waals surface area (Å²) in [4.78, 5) is 35.9. The molecule has 3 aromatic heterocycles. The van der Waals surface area contributed by atoms with E-state index in [-0.39, 0.29) is 11.0 Å². The number of rotatable bonds is 2. The van der Waals surface area contributed by atoms with Crippen molar-refractivity contribution < 1.29 is 0 Å². The molecule has 0 bridgehead atoms. The number of nitrogens with one attached hydrogen (secondary N) is 1. The van der Waals surface area contributed by atoms with Crippen molar-refractivity contribution in [2.75, 3.05) is 18.0 Å². The Hall–Kier alpha value is -3.09. The Morgan fingerprint density at radius 2 is 2.18 bits per heavy atom. The van der Waals surface area contributed by atoms with Crippen molar-refractivity contribution in [3.05, 3.63) is 64.2 Å². The first-order chi connectivity index (χ1) is 13.6. The molecule has 28 heavy (non-hydrogen) atoms. The van der Waals surface area contributed by atoms with Gasteiger partial charge in [0, 0.05) is 53.8 Å². The number of aromatic nitrogens is 5. The Balaban J connectivity index is 1.56. The van der Waals surface area contributed by atoms with E-state index >= 15 is 0 Å². The van der Waals surface area contributed by atoms with Crippen LogP contribution in [0.5, 0.6) is 0 Å². The molecule has 4 heterocycles. The molecule has 1 N–H and O–H groups in total. The van der Waals surface area contributed by atoms with Crippen molar-refractivity contribution in [1.82, 2.24) is 24.9 Å². The molecule has 7 heteroatoms. The van der Waals surface area contributed by atoms with Gasteiger partial charge in [-0.15, -0.1) is 0 Å². The van der Waals surface area contributed by atoms with Crippen molar-refractivity contribution >= 4 is 5.82 Å². The molecule has 142 valence electrons. The number of hydrogen-bond donors (Lipinski definition) is 1. The first kappa shape index (κ1) is 17.0. The van der Waals surface area contributed by atoms with Gasteiger partial charge in [0.05, 0.1) is 5.69 Å². The highest BCUT2D eigenvalue weighted by Crippen LogP contribution is 2.44. The molecule has 0 amide bonds. The van der Waals surface area contributed by atoms with Crippen LogP contribution in [0.15, 0.2) is 41.7 Å². The molecule has 3 aromatic rings. The van der Waals surface area contributed by atoms with E-state index in [9.17, 15) is 4.79 Å². The Morgan fingerprint density at radius 1 is 1.25 bits per heavy atom. The summed E-state index contributed by atoms with van der Waals surface area (Å²) in [5, 5.41) is 0. The molecule has 7 nitrogen and oxygen atoms in total. The highest BCUT2D eigenvalue weighted by atomic mass is 16.1. The van der Waals surface area contributed by atoms with Gasteiger partial charge in [0.2, 0.25) is 0 Å². The number of aromatic amines is 1. The lowest BCUT2D eigenvalue weighted by molar-refractivity contribution is 0.333.